The maximum Gasteiger partial charge on any atom is 0.289 e. The van der Waals surface area contributed by atoms with E-state index in [0.29, 0.717) is 19.4 Å². The van der Waals surface area contributed by atoms with E-state index in [2.05, 4.69) is 31.2 Å². The van der Waals surface area contributed by atoms with Gasteiger partial charge in [0.15, 0.2) is 0 Å². The Hall–Kier alpha value is -3.90. The van der Waals surface area contributed by atoms with Crippen molar-refractivity contribution in [3.8, 4) is 0 Å². The number of carbonyl (C=O) groups excluding carboxylic acids is 6. The Morgan fingerprint density at radius 3 is 2.22 bits per heavy atom. The number of hydrogen-bond acceptors (Lipinski definition) is 8. The molecule has 0 bridgehead atoms. The molecule has 45 heavy (non-hydrogen) atoms. The maximum absolute atomic E-state index is 14.2. The van der Waals surface area contributed by atoms with Crippen molar-refractivity contribution in [1.82, 2.24) is 36.1 Å². The molecule has 0 aromatic carbocycles. The Balaban J connectivity index is 1.50. The monoisotopic (exact) mass is 625 g/mol. The van der Waals surface area contributed by atoms with E-state index in [1.165, 1.54) is 18.6 Å². The third-order valence-corrected chi connectivity index (χ3v) is 9.05. The number of carbonyl (C=O) groups is 6. The van der Waals surface area contributed by atoms with Crippen LogP contribution in [-0.2, 0) is 24.0 Å². The number of hydrogen-bond donors (Lipinski definition) is 4. The molecule has 1 aromatic heterocycles. The quantitative estimate of drug-likeness (QED) is 0.222. The minimum Gasteiger partial charge on any atom is -0.347 e. The molecule has 3 aliphatic rings. The Bertz CT molecular complexity index is 1270. The molecule has 13 nitrogen and oxygen atoms in total. The van der Waals surface area contributed by atoms with Gasteiger partial charge in [-0.3, -0.25) is 33.8 Å². The van der Waals surface area contributed by atoms with Gasteiger partial charge in [0.2, 0.25) is 23.5 Å². The van der Waals surface area contributed by atoms with E-state index in [1.807, 2.05) is 20.8 Å². The summed E-state index contributed by atoms with van der Waals surface area (Å²) in [5, 5.41) is 11.1. The first-order valence-corrected chi connectivity index (χ1v) is 16.3. The number of Topliss-reactive ketones (excluding diaryl/α,β-unsaturated/α-hetero) is 1. The zero-order valence-electron chi connectivity index (χ0n) is 26.9. The summed E-state index contributed by atoms with van der Waals surface area (Å²) in [4.78, 5) is 89.4. The third kappa shape index (κ3) is 8.23. The van der Waals surface area contributed by atoms with Crippen LogP contribution >= 0.6 is 0 Å². The van der Waals surface area contributed by atoms with Crippen LogP contribution in [0.3, 0.4) is 0 Å². The molecule has 0 spiro atoms. The minimum absolute atomic E-state index is 0.0143. The second-order valence-corrected chi connectivity index (χ2v) is 13.3. The molecule has 0 radical (unpaired) electrons. The highest BCUT2D eigenvalue weighted by molar-refractivity contribution is 6.38. The van der Waals surface area contributed by atoms with Gasteiger partial charge in [0.25, 0.3) is 11.8 Å². The molecular formula is C32H47N7O6. The van der Waals surface area contributed by atoms with Crippen LogP contribution in [0.1, 0.15) is 90.1 Å². The Morgan fingerprint density at radius 1 is 0.911 bits per heavy atom. The summed E-state index contributed by atoms with van der Waals surface area (Å²) in [6, 6.07) is -3.70. The lowest BCUT2D eigenvalue weighted by Gasteiger charge is -2.33. The summed E-state index contributed by atoms with van der Waals surface area (Å²) in [6.45, 7) is 9.44. The number of aromatic nitrogens is 2. The number of likely N-dealkylation sites (tertiary alicyclic amines) is 1. The number of nitrogens with zero attached hydrogens (tertiary/aromatic N) is 3. The van der Waals surface area contributed by atoms with Gasteiger partial charge in [-0.25, -0.2) is 4.98 Å². The van der Waals surface area contributed by atoms with Gasteiger partial charge < -0.3 is 26.2 Å². The van der Waals surface area contributed by atoms with Crippen molar-refractivity contribution in [3.63, 3.8) is 0 Å². The number of rotatable bonds is 14. The van der Waals surface area contributed by atoms with Crippen molar-refractivity contribution in [1.29, 1.82) is 0 Å². The fraction of sp³-hybridized carbons (Fsp3) is 0.688. The molecule has 4 rings (SSSR count). The first-order valence-electron chi connectivity index (χ1n) is 16.3. The van der Waals surface area contributed by atoms with Crippen molar-refractivity contribution < 1.29 is 28.8 Å². The molecule has 1 saturated heterocycles. The zero-order chi connectivity index (χ0) is 32.8. The highest BCUT2D eigenvalue weighted by Crippen LogP contribution is 2.42. The molecule has 2 heterocycles. The summed E-state index contributed by atoms with van der Waals surface area (Å²) in [5.74, 6) is -3.87. The molecule has 2 saturated carbocycles. The van der Waals surface area contributed by atoms with E-state index < -0.39 is 53.6 Å². The summed E-state index contributed by atoms with van der Waals surface area (Å²) in [7, 11) is 0. The fourth-order valence-corrected chi connectivity index (χ4v) is 6.43. The molecule has 2 aliphatic carbocycles. The van der Waals surface area contributed by atoms with E-state index in [9.17, 15) is 28.8 Å². The lowest BCUT2D eigenvalue weighted by Crippen LogP contribution is -2.60. The van der Waals surface area contributed by atoms with Crippen molar-refractivity contribution in [2.24, 2.45) is 23.7 Å². The molecule has 0 unspecified atom stereocenters. The topological polar surface area (TPSA) is 180 Å². The maximum atomic E-state index is 14.2. The van der Waals surface area contributed by atoms with E-state index in [0.717, 1.165) is 32.1 Å². The summed E-state index contributed by atoms with van der Waals surface area (Å²) in [5.41, 5.74) is 0.0646. The Morgan fingerprint density at radius 2 is 1.62 bits per heavy atom. The predicted octanol–water partition coefficient (Wildman–Crippen LogP) is 1.13. The van der Waals surface area contributed by atoms with E-state index >= 15 is 0 Å². The zero-order valence-corrected chi connectivity index (χ0v) is 26.9. The van der Waals surface area contributed by atoms with Crippen LogP contribution in [0.2, 0.25) is 0 Å². The van der Waals surface area contributed by atoms with Gasteiger partial charge in [0.05, 0.1) is 12.2 Å². The molecule has 1 aromatic rings. The van der Waals surface area contributed by atoms with Crippen molar-refractivity contribution >= 4 is 35.3 Å². The highest BCUT2D eigenvalue weighted by Gasteiger charge is 2.51. The molecule has 3 fully saturated rings. The second kappa shape index (κ2) is 14.9. The molecular weight excluding hydrogens is 578 g/mol. The molecule has 4 N–H and O–H groups in total. The van der Waals surface area contributed by atoms with Crippen LogP contribution in [0.25, 0.3) is 0 Å². The molecule has 13 heteroatoms. The van der Waals surface area contributed by atoms with Gasteiger partial charge in [-0.2, -0.15) is 0 Å². The van der Waals surface area contributed by atoms with Crippen molar-refractivity contribution in [3.05, 3.63) is 24.3 Å². The molecule has 1 aliphatic heterocycles. The van der Waals surface area contributed by atoms with Crippen molar-refractivity contribution in [2.45, 2.75) is 110 Å². The lowest BCUT2D eigenvalue weighted by molar-refractivity contribution is -0.145. The fourth-order valence-electron chi connectivity index (χ4n) is 6.43. The molecule has 6 atom stereocenters. The standard InChI is InChI=1S/C32H47N7O6/c1-6-8-22(27(40)31(44)35-20-11-12-20)36-30(43)26-21-10-7-9-19(21)16-39(26)32(45)25(18(4)5)38-29(42)24(17(2)3)37-28(41)23-15-33-13-14-34-23/h13-15,17-22,24-26H,6-12,16H2,1-5H3,(H,35,44)(H,36,43)(H,37,41)(H,38,42)/t19-,21-,22+,24-,25-,26-/m0/s1. The highest BCUT2D eigenvalue weighted by atomic mass is 16.2. The second-order valence-electron chi connectivity index (χ2n) is 13.3. The van der Waals surface area contributed by atoms with Crippen LogP contribution in [0.4, 0.5) is 0 Å². The number of ketones is 1. The average molecular weight is 626 g/mol. The molecule has 246 valence electrons. The van der Waals surface area contributed by atoms with Gasteiger partial charge in [0.1, 0.15) is 23.8 Å². The van der Waals surface area contributed by atoms with Crippen LogP contribution in [0, 0.1) is 23.7 Å². The molecule has 5 amide bonds. The Labute approximate surface area is 264 Å². The first-order chi connectivity index (χ1) is 21.4. The van der Waals surface area contributed by atoms with E-state index in [-0.39, 0.29) is 41.3 Å². The summed E-state index contributed by atoms with van der Waals surface area (Å²) in [6.07, 6.45) is 9.28. The lowest BCUT2D eigenvalue weighted by atomic mass is 9.92. The Kier molecular flexibility index (Phi) is 11.3. The van der Waals surface area contributed by atoms with Crippen LogP contribution in [0.15, 0.2) is 18.6 Å². The van der Waals surface area contributed by atoms with Crippen molar-refractivity contribution in [2.75, 3.05) is 6.54 Å². The largest absolute Gasteiger partial charge is 0.347 e. The number of amides is 5. The van der Waals surface area contributed by atoms with E-state index in [1.54, 1.807) is 18.7 Å². The number of fused-ring (bicyclic) bond motifs is 1. The number of nitrogens with one attached hydrogen (secondary N) is 4. The van der Waals surface area contributed by atoms with Gasteiger partial charge in [0, 0.05) is 25.0 Å². The van der Waals surface area contributed by atoms with Gasteiger partial charge in [-0.15, -0.1) is 0 Å². The van der Waals surface area contributed by atoms with E-state index in [4.69, 9.17) is 0 Å². The van der Waals surface area contributed by atoms with Gasteiger partial charge in [-0.1, -0.05) is 47.5 Å². The first kappa shape index (κ1) is 34.0. The summed E-state index contributed by atoms with van der Waals surface area (Å²) < 4.78 is 0. The van der Waals surface area contributed by atoms with Gasteiger partial charge >= 0.3 is 0 Å². The van der Waals surface area contributed by atoms with Crippen LogP contribution in [0.5, 0.6) is 0 Å². The van der Waals surface area contributed by atoms with Crippen LogP contribution < -0.4 is 21.3 Å². The SMILES string of the molecule is CCC[C@@H](NC(=O)[C@@H]1[C@H]2CCC[C@H]2CN1C(=O)[C@@H](NC(=O)[C@@H](NC(=O)c1cnccn1)C(C)C)C(C)C)C(=O)C(=O)NC1CC1. The third-order valence-electron chi connectivity index (χ3n) is 9.05. The minimum atomic E-state index is -0.982. The van der Waals surface area contributed by atoms with Gasteiger partial charge in [-0.05, 0) is 55.8 Å². The summed E-state index contributed by atoms with van der Waals surface area (Å²) >= 11 is 0. The average Bonchev–Trinajstić information content (AvgIpc) is 3.57. The predicted molar refractivity (Wildman–Crippen MR) is 164 cm³/mol. The van der Waals surface area contributed by atoms with Crippen LogP contribution in [-0.4, -0.2) is 86.9 Å². The smallest absolute Gasteiger partial charge is 0.289 e. The normalized spacial score (nSPS) is 22.7.